The molecular weight excluding hydrogens is 495 g/mol. The van der Waals surface area contributed by atoms with E-state index >= 15 is 0 Å². The van der Waals surface area contributed by atoms with Gasteiger partial charge in [-0.2, -0.15) is 13.2 Å². The van der Waals surface area contributed by atoms with Gasteiger partial charge in [0.1, 0.15) is 0 Å². The largest absolute Gasteiger partial charge is 0.477 e. The first-order valence-electron chi connectivity index (χ1n) is 13.0. The number of aromatic carboxylic acids is 1. The van der Waals surface area contributed by atoms with Crippen LogP contribution in [0, 0.1) is 0 Å². The molecule has 0 amide bonds. The number of rotatable bonds is 4. The van der Waals surface area contributed by atoms with Crippen LogP contribution in [0.3, 0.4) is 0 Å². The summed E-state index contributed by atoms with van der Waals surface area (Å²) in [5.41, 5.74) is 7.67. The van der Waals surface area contributed by atoms with E-state index in [4.69, 9.17) is 0 Å². The van der Waals surface area contributed by atoms with Gasteiger partial charge in [-0.1, -0.05) is 6.07 Å². The van der Waals surface area contributed by atoms with Gasteiger partial charge in [0.15, 0.2) is 5.69 Å². The molecule has 0 spiro atoms. The molecule has 3 heterocycles. The van der Waals surface area contributed by atoms with Crippen LogP contribution < -0.4 is 10.4 Å². The highest BCUT2D eigenvalue weighted by Gasteiger charge is 2.35. The minimum absolute atomic E-state index is 0.112. The Kier molecular flexibility index (Phi) is 6.19. The average Bonchev–Trinajstić information content (AvgIpc) is 3.33. The van der Waals surface area contributed by atoms with Crippen LogP contribution in [-0.4, -0.2) is 59.1 Å². The van der Waals surface area contributed by atoms with Crippen LogP contribution in [0.5, 0.6) is 0 Å². The number of hydrogen-bond acceptors (Lipinski definition) is 6. The Hall–Kier alpha value is -3.37. The van der Waals surface area contributed by atoms with E-state index < -0.39 is 17.7 Å². The molecule has 10 heteroatoms. The molecule has 3 aliphatic rings. The van der Waals surface area contributed by atoms with Crippen molar-refractivity contribution in [1.82, 2.24) is 14.8 Å². The van der Waals surface area contributed by atoms with Crippen LogP contribution in [-0.2, 0) is 32.1 Å². The molecule has 1 aliphatic carbocycles. The number of fused-ring (bicyclic) bond motifs is 5. The predicted molar refractivity (Wildman–Crippen MR) is 139 cm³/mol. The number of halogens is 3. The number of piperazine rings is 1. The Labute approximate surface area is 218 Å². The fraction of sp³-hybridized carbons (Fsp3) is 0.429. The van der Waals surface area contributed by atoms with E-state index in [1.807, 2.05) is 13.1 Å². The molecule has 6 rings (SSSR count). The average molecular weight is 526 g/mol. The van der Waals surface area contributed by atoms with Gasteiger partial charge in [0.25, 0.3) is 0 Å². The maximum Gasteiger partial charge on any atom is 0.416 e. The quantitative estimate of drug-likeness (QED) is 0.501. The Bertz CT molecular complexity index is 1420. The molecule has 38 heavy (non-hydrogen) atoms. The Balaban J connectivity index is 1.34. The molecule has 2 N–H and O–H groups in total. The number of alkyl halides is 3. The molecule has 1 fully saturated rings. The number of aryl methyl sites for hydroxylation is 1. The summed E-state index contributed by atoms with van der Waals surface area (Å²) in [7, 11) is 2.02. The van der Waals surface area contributed by atoms with Gasteiger partial charge in [0, 0.05) is 43.7 Å². The van der Waals surface area contributed by atoms with E-state index in [-0.39, 0.29) is 17.8 Å². The second kappa shape index (κ2) is 9.43. The van der Waals surface area contributed by atoms with E-state index in [9.17, 15) is 23.1 Å². The van der Waals surface area contributed by atoms with Gasteiger partial charge in [-0.05, 0) is 73.7 Å². The third-order valence-electron chi connectivity index (χ3n) is 8.05. The van der Waals surface area contributed by atoms with E-state index in [1.54, 1.807) is 23.2 Å². The zero-order chi connectivity index (χ0) is 26.6. The molecule has 3 aromatic rings. The van der Waals surface area contributed by atoms with Gasteiger partial charge in [-0.25, -0.2) is 9.78 Å². The van der Waals surface area contributed by atoms with Crippen molar-refractivity contribution < 1.29 is 23.1 Å². The number of nitrogens with zero attached hydrogens (tertiary/aromatic N) is 4. The smallest absolute Gasteiger partial charge is 0.416 e. The third-order valence-corrected chi connectivity index (χ3v) is 8.05. The van der Waals surface area contributed by atoms with Crippen molar-refractivity contribution in [2.24, 2.45) is 0 Å². The fourth-order valence-corrected chi connectivity index (χ4v) is 6.02. The summed E-state index contributed by atoms with van der Waals surface area (Å²) in [6, 6.07) is 8.21. The van der Waals surface area contributed by atoms with E-state index in [2.05, 4.69) is 20.2 Å². The number of anilines is 2. The summed E-state index contributed by atoms with van der Waals surface area (Å²) in [5.74, 6) is -1.03. The predicted octanol–water partition coefficient (Wildman–Crippen LogP) is 4.93. The van der Waals surface area contributed by atoms with Crippen LogP contribution >= 0.6 is 0 Å². The minimum Gasteiger partial charge on any atom is -0.477 e. The molecule has 1 saturated heterocycles. The number of carboxylic acid groups (broad SMARTS) is 1. The van der Waals surface area contributed by atoms with Crippen molar-refractivity contribution in [2.45, 2.75) is 44.9 Å². The van der Waals surface area contributed by atoms with Gasteiger partial charge < -0.3 is 10.0 Å². The topological polar surface area (TPSA) is 71.9 Å². The number of nitrogens with one attached hydrogen (secondary N) is 1. The maximum absolute atomic E-state index is 14.2. The van der Waals surface area contributed by atoms with Crippen LogP contribution in [0.15, 0.2) is 30.3 Å². The molecule has 0 radical (unpaired) electrons. The number of carboxylic acids is 1. The Morgan fingerprint density at radius 1 is 1.03 bits per heavy atom. The Morgan fingerprint density at radius 3 is 2.47 bits per heavy atom. The number of aromatic nitrogens is 1. The van der Waals surface area contributed by atoms with Crippen molar-refractivity contribution in [3.8, 4) is 0 Å². The van der Waals surface area contributed by atoms with Gasteiger partial charge >= 0.3 is 12.1 Å². The zero-order valence-corrected chi connectivity index (χ0v) is 21.2. The molecule has 0 saturated carbocycles. The van der Waals surface area contributed by atoms with Gasteiger partial charge in [-0.15, -0.1) is 0 Å². The SMILES string of the molecule is CN1CCN(Cc2ccc(N3Cc4c(ccc5nc(C(=O)O)c6c(c45)CCCC6)N3)cc2C(F)(F)F)CC1. The van der Waals surface area contributed by atoms with E-state index in [0.717, 1.165) is 73.2 Å². The first kappa shape index (κ1) is 24.9. The molecule has 1 aromatic heterocycles. The second-order valence-corrected chi connectivity index (χ2v) is 10.5. The molecule has 2 aliphatic heterocycles. The lowest BCUT2D eigenvalue weighted by molar-refractivity contribution is -0.138. The molecule has 7 nitrogen and oxygen atoms in total. The molecular formula is C28H30F3N5O2. The Morgan fingerprint density at radius 2 is 1.76 bits per heavy atom. The summed E-state index contributed by atoms with van der Waals surface area (Å²) in [5, 5.41) is 12.4. The number of benzene rings is 2. The number of likely N-dealkylation sites (N-methyl/N-ethyl adjacent to an activating group) is 1. The van der Waals surface area contributed by atoms with Crippen LogP contribution in [0.25, 0.3) is 10.9 Å². The molecule has 2 aromatic carbocycles. The fourth-order valence-electron chi connectivity index (χ4n) is 6.02. The van der Waals surface area contributed by atoms with Crippen molar-refractivity contribution in [1.29, 1.82) is 0 Å². The third kappa shape index (κ3) is 4.45. The standard InChI is InChI=1S/C28H30F3N5O2/c1-34-10-12-35(13-11-34)15-17-6-7-18(14-22(17)28(29,30)31)36-16-21-23(33-36)8-9-24-25(21)19-4-2-3-5-20(19)26(32-24)27(37)38/h6-9,14,33H,2-5,10-13,15-16H2,1H3,(H,37,38). The monoisotopic (exact) mass is 525 g/mol. The summed E-state index contributed by atoms with van der Waals surface area (Å²) < 4.78 is 42.5. The normalized spacial score (nSPS) is 18.4. The molecule has 0 unspecified atom stereocenters. The van der Waals surface area contributed by atoms with Crippen LogP contribution in [0.4, 0.5) is 24.5 Å². The van der Waals surface area contributed by atoms with E-state index in [1.165, 1.54) is 6.07 Å². The van der Waals surface area contributed by atoms with Gasteiger partial charge in [-0.3, -0.25) is 15.3 Å². The zero-order valence-electron chi connectivity index (χ0n) is 21.2. The first-order valence-corrected chi connectivity index (χ1v) is 13.0. The van der Waals surface area contributed by atoms with Crippen molar-refractivity contribution >= 4 is 28.2 Å². The van der Waals surface area contributed by atoms with Crippen LogP contribution in [0.2, 0.25) is 0 Å². The highest BCUT2D eigenvalue weighted by atomic mass is 19.4. The molecule has 0 atom stereocenters. The summed E-state index contributed by atoms with van der Waals surface area (Å²) in [6.07, 6.45) is -1.14. The van der Waals surface area contributed by atoms with Crippen molar-refractivity contribution in [3.05, 3.63) is 63.8 Å². The van der Waals surface area contributed by atoms with Crippen molar-refractivity contribution in [3.63, 3.8) is 0 Å². The highest BCUT2D eigenvalue weighted by Crippen LogP contribution is 2.41. The lowest BCUT2D eigenvalue weighted by atomic mass is 9.86. The second-order valence-electron chi connectivity index (χ2n) is 10.5. The summed E-state index contributed by atoms with van der Waals surface area (Å²) >= 11 is 0. The minimum atomic E-state index is -4.46. The van der Waals surface area contributed by atoms with E-state index in [0.29, 0.717) is 24.2 Å². The van der Waals surface area contributed by atoms with Crippen molar-refractivity contribution in [2.75, 3.05) is 43.7 Å². The van der Waals surface area contributed by atoms with Crippen LogP contribution in [0.1, 0.15) is 51.1 Å². The highest BCUT2D eigenvalue weighted by molar-refractivity contribution is 5.98. The molecule has 200 valence electrons. The van der Waals surface area contributed by atoms with Gasteiger partial charge in [0.05, 0.1) is 29.0 Å². The lowest BCUT2D eigenvalue weighted by Gasteiger charge is -2.33. The lowest BCUT2D eigenvalue weighted by Crippen LogP contribution is -2.44. The maximum atomic E-state index is 14.2. The summed E-state index contributed by atoms with van der Waals surface area (Å²) in [4.78, 5) is 20.6. The number of hydrazine groups is 1. The summed E-state index contributed by atoms with van der Waals surface area (Å²) in [6.45, 7) is 3.81. The number of pyridine rings is 1. The van der Waals surface area contributed by atoms with Gasteiger partial charge in [0.2, 0.25) is 0 Å². The first-order chi connectivity index (χ1) is 18.2. The molecule has 0 bridgehead atoms. The number of hydrogen-bond donors (Lipinski definition) is 2. The number of carbonyl (C=O) groups is 1.